The molecule has 1 N–H and O–H groups in total. The highest BCUT2D eigenvalue weighted by Gasteiger charge is 2.40. The molecule has 1 amide bonds. The van der Waals surface area contributed by atoms with Crippen LogP contribution in [0.5, 0.6) is 0 Å². The number of hydrogen-bond donors (Lipinski definition) is 1. The SMILES string of the molecule is Cc1cccc(C(=O)N2CCOC[C@@H]2[C@H]2CCC[C@@H]2O)c1Cl. The first-order chi connectivity index (χ1) is 10.6. The molecule has 1 heterocycles. The minimum absolute atomic E-state index is 0.0545. The molecule has 2 fully saturated rings. The van der Waals surface area contributed by atoms with Crippen molar-refractivity contribution >= 4 is 17.5 Å². The fourth-order valence-electron chi connectivity index (χ4n) is 3.61. The van der Waals surface area contributed by atoms with Gasteiger partial charge in [0, 0.05) is 12.5 Å². The molecule has 1 saturated heterocycles. The molecule has 0 radical (unpaired) electrons. The molecule has 1 aliphatic heterocycles. The fourth-order valence-corrected chi connectivity index (χ4v) is 3.82. The molecule has 1 aromatic rings. The van der Waals surface area contributed by atoms with E-state index in [1.807, 2.05) is 24.0 Å². The van der Waals surface area contributed by atoms with Gasteiger partial charge in [0.2, 0.25) is 0 Å². The number of hydrogen-bond acceptors (Lipinski definition) is 3. The van der Waals surface area contributed by atoms with Crippen LogP contribution in [0, 0.1) is 12.8 Å². The van der Waals surface area contributed by atoms with Crippen LogP contribution in [0.25, 0.3) is 0 Å². The predicted octanol–water partition coefficient (Wildman–Crippen LogP) is 2.65. The Morgan fingerprint density at radius 1 is 1.41 bits per heavy atom. The first kappa shape index (κ1) is 15.8. The predicted molar refractivity (Wildman–Crippen MR) is 85.2 cm³/mol. The molecule has 0 aromatic heterocycles. The van der Waals surface area contributed by atoms with Gasteiger partial charge in [-0.3, -0.25) is 4.79 Å². The van der Waals surface area contributed by atoms with E-state index in [9.17, 15) is 9.90 Å². The van der Waals surface area contributed by atoms with Crippen LogP contribution in [0.2, 0.25) is 5.02 Å². The first-order valence-electron chi connectivity index (χ1n) is 7.91. The summed E-state index contributed by atoms with van der Waals surface area (Å²) in [7, 11) is 0. The highest BCUT2D eigenvalue weighted by molar-refractivity contribution is 6.34. The van der Waals surface area contributed by atoms with Gasteiger partial charge in [-0.15, -0.1) is 0 Å². The second-order valence-corrected chi connectivity index (χ2v) is 6.62. The van der Waals surface area contributed by atoms with E-state index < -0.39 is 0 Å². The van der Waals surface area contributed by atoms with Crippen LogP contribution in [0.15, 0.2) is 18.2 Å². The molecule has 2 aliphatic rings. The number of aryl methyl sites for hydroxylation is 1. The first-order valence-corrected chi connectivity index (χ1v) is 8.29. The van der Waals surface area contributed by atoms with Crippen LogP contribution in [-0.4, -0.2) is 47.8 Å². The molecule has 1 saturated carbocycles. The third kappa shape index (κ3) is 2.87. The molecule has 5 heteroatoms. The largest absolute Gasteiger partial charge is 0.393 e. The van der Waals surface area contributed by atoms with Gasteiger partial charge in [-0.2, -0.15) is 0 Å². The standard InChI is InChI=1S/C17H22ClNO3/c1-11-4-2-6-13(16(11)18)17(21)19-8-9-22-10-14(19)12-5-3-7-15(12)20/h2,4,6,12,14-15,20H,3,5,7-10H2,1H3/t12-,14-,15+/m1/s1. The highest BCUT2D eigenvalue weighted by atomic mass is 35.5. The molecule has 0 spiro atoms. The van der Waals surface area contributed by atoms with E-state index in [0.717, 1.165) is 24.8 Å². The van der Waals surface area contributed by atoms with E-state index >= 15 is 0 Å². The Labute approximate surface area is 136 Å². The number of morpholine rings is 1. The Morgan fingerprint density at radius 3 is 2.95 bits per heavy atom. The van der Waals surface area contributed by atoms with Gasteiger partial charge in [0.15, 0.2) is 0 Å². The van der Waals surface area contributed by atoms with Gasteiger partial charge >= 0.3 is 0 Å². The number of halogens is 1. The number of rotatable bonds is 2. The van der Waals surface area contributed by atoms with E-state index in [-0.39, 0.29) is 24.0 Å². The highest BCUT2D eigenvalue weighted by Crippen LogP contribution is 2.33. The maximum atomic E-state index is 13.0. The average Bonchev–Trinajstić information content (AvgIpc) is 2.95. The normalized spacial score (nSPS) is 28.9. The minimum Gasteiger partial charge on any atom is -0.393 e. The summed E-state index contributed by atoms with van der Waals surface area (Å²) in [6.07, 6.45) is 2.43. The lowest BCUT2D eigenvalue weighted by Gasteiger charge is -2.40. The second-order valence-electron chi connectivity index (χ2n) is 6.24. The summed E-state index contributed by atoms with van der Waals surface area (Å²) in [5.74, 6) is 0.0499. The van der Waals surface area contributed by atoms with Crippen LogP contribution < -0.4 is 0 Å². The maximum Gasteiger partial charge on any atom is 0.255 e. The molecular formula is C17H22ClNO3. The Morgan fingerprint density at radius 2 is 2.23 bits per heavy atom. The Bertz CT molecular complexity index is 563. The van der Waals surface area contributed by atoms with Crippen molar-refractivity contribution in [3.8, 4) is 0 Å². The van der Waals surface area contributed by atoms with Gasteiger partial charge in [-0.05, 0) is 31.4 Å². The van der Waals surface area contributed by atoms with Gasteiger partial charge in [0.05, 0.1) is 35.9 Å². The Kier molecular flexibility index (Phi) is 4.71. The maximum absolute atomic E-state index is 13.0. The number of ether oxygens (including phenoxy) is 1. The third-order valence-electron chi connectivity index (χ3n) is 4.87. The zero-order valence-electron chi connectivity index (χ0n) is 12.8. The summed E-state index contributed by atoms with van der Waals surface area (Å²) in [4.78, 5) is 14.8. The third-order valence-corrected chi connectivity index (χ3v) is 5.38. The average molecular weight is 324 g/mol. The molecule has 0 unspecified atom stereocenters. The molecule has 3 atom stereocenters. The monoisotopic (exact) mass is 323 g/mol. The van der Waals surface area contributed by atoms with E-state index in [1.165, 1.54) is 0 Å². The van der Waals surface area contributed by atoms with Crippen LogP contribution in [0.1, 0.15) is 35.2 Å². The summed E-state index contributed by atoms with van der Waals surface area (Å²) < 4.78 is 5.58. The molecule has 3 rings (SSSR count). The second kappa shape index (κ2) is 6.57. The Hall–Kier alpha value is -1.10. The fraction of sp³-hybridized carbons (Fsp3) is 0.588. The molecule has 1 aromatic carbocycles. The molecule has 0 bridgehead atoms. The van der Waals surface area contributed by atoms with Crippen molar-refractivity contribution in [2.24, 2.45) is 5.92 Å². The lowest BCUT2D eigenvalue weighted by atomic mass is 9.93. The van der Waals surface area contributed by atoms with Crippen molar-refractivity contribution in [3.05, 3.63) is 34.3 Å². The zero-order valence-corrected chi connectivity index (χ0v) is 13.6. The van der Waals surface area contributed by atoms with E-state index in [0.29, 0.717) is 30.3 Å². The minimum atomic E-state index is -0.338. The molecule has 22 heavy (non-hydrogen) atoms. The van der Waals surface area contributed by atoms with E-state index in [4.69, 9.17) is 16.3 Å². The smallest absolute Gasteiger partial charge is 0.255 e. The summed E-state index contributed by atoms with van der Waals surface area (Å²) in [5.41, 5.74) is 1.44. The quantitative estimate of drug-likeness (QED) is 0.910. The number of carbonyl (C=O) groups is 1. The molecule has 4 nitrogen and oxygen atoms in total. The topological polar surface area (TPSA) is 49.8 Å². The van der Waals surface area contributed by atoms with Crippen LogP contribution in [0.4, 0.5) is 0 Å². The number of aliphatic hydroxyl groups excluding tert-OH is 1. The number of carbonyl (C=O) groups excluding carboxylic acids is 1. The lowest BCUT2D eigenvalue weighted by molar-refractivity contribution is -0.0383. The van der Waals surface area contributed by atoms with Crippen LogP contribution in [0.3, 0.4) is 0 Å². The Balaban J connectivity index is 1.87. The summed E-state index contributed by atoms with van der Waals surface area (Å²) >= 11 is 6.32. The van der Waals surface area contributed by atoms with E-state index in [2.05, 4.69) is 0 Å². The zero-order chi connectivity index (χ0) is 15.7. The van der Waals surface area contributed by atoms with Crippen molar-refractivity contribution in [2.75, 3.05) is 19.8 Å². The van der Waals surface area contributed by atoms with Crippen LogP contribution in [-0.2, 0) is 4.74 Å². The van der Waals surface area contributed by atoms with Crippen molar-refractivity contribution in [3.63, 3.8) is 0 Å². The summed E-state index contributed by atoms with van der Waals surface area (Å²) in [6.45, 7) is 3.49. The van der Waals surface area contributed by atoms with Crippen molar-refractivity contribution in [2.45, 2.75) is 38.3 Å². The number of nitrogens with zero attached hydrogens (tertiary/aromatic N) is 1. The molecular weight excluding hydrogens is 302 g/mol. The van der Waals surface area contributed by atoms with Gasteiger partial charge in [0.1, 0.15) is 0 Å². The lowest BCUT2D eigenvalue weighted by Crippen LogP contribution is -2.53. The number of benzene rings is 1. The molecule has 1 aliphatic carbocycles. The van der Waals surface area contributed by atoms with E-state index in [1.54, 1.807) is 6.07 Å². The van der Waals surface area contributed by atoms with Gasteiger partial charge in [-0.25, -0.2) is 0 Å². The number of amides is 1. The van der Waals surface area contributed by atoms with Crippen molar-refractivity contribution < 1.29 is 14.6 Å². The van der Waals surface area contributed by atoms with Gasteiger partial charge in [-0.1, -0.05) is 30.2 Å². The van der Waals surface area contributed by atoms with Gasteiger partial charge < -0.3 is 14.7 Å². The van der Waals surface area contributed by atoms with Crippen molar-refractivity contribution in [1.29, 1.82) is 0 Å². The molecule has 120 valence electrons. The summed E-state index contributed by atoms with van der Waals surface area (Å²) in [5, 5.41) is 10.7. The van der Waals surface area contributed by atoms with Crippen molar-refractivity contribution in [1.82, 2.24) is 4.90 Å². The van der Waals surface area contributed by atoms with Gasteiger partial charge in [0.25, 0.3) is 5.91 Å². The summed E-state index contributed by atoms with van der Waals surface area (Å²) in [6, 6.07) is 5.47. The van der Waals surface area contributed by atoms with Crippen LogP contribution >= 0.6 is 11.6 Å². The number of aliphatic hydroxyl groups is 1.